The molecular weight excluding hydrogens is 734 g/mol. The first-order chi connectivity index (χ1) is 27.2. The van der Waals surface area contributed by atoms with Gasteiger partial charge >= 0.3 is 5.97 Å². The summed E-state index contributed by atoms with van der Waals surface area (Å²) in [7, 11) is 1.66. The van der Waals surface area contributed by atoms with Gasteiger partial charge in [0.25, 0.3) is 0 Å². The van der Waals surface area contributed by atoms with E-state index < -0.39 is 54.0 Å². The molecule has 4 N–H and O–H groups in total. The average Bonchev–Trinajstić information content (AvgIpc) is 3.53. The largest absolute Gasteiger partial charge is 0.462 e. The van der Waals surface area contributed by atoms with Gasteiger partial charge in [-0.15, -0.1) is 0 Å². The fraction of sp³-hybridized carbons (Fsp3) is 0.750. The van der Waals surface area contributed by atoms with Crippen LogP contribution < -0.4 is 5.73 Å². The molecule has 1 aliphatic carbocycles. The maximum Gasteiger partial charge on any atom is 0.316 e. The van der Waals surface area contributed by atoms with Gasteiger partial charge in [-0.2, -0.15) is 0 Å². The van der Waals surface area contributed by atoms with Gasteiger partial charge < -0.3 is 58.6 Å². The summed E-state index contributed by atoms with van der Waals surface area (Å²) < 4.78 is 56.7. The summed E-state index contributed by atoms with van der Waals surface area (Å²) in [6.07, 6.45) is 11.1. The lowest BCUT2D eigenvalue weighted by Gasteiger charge is -2.48. The fourth-order valence-corrected chi connectivity index (χ4v) is 9.37. The number of esters is 1. The molecular formula is C44H67NO12. The predicted octanol–water partition coefficient (Wildman–Crippen LogP) is 4.80. The van der Waals surface area contributed by atoms with Gasteiger partial charge in [0.2, 0.25) is 0 Å². The maximum absolute atomic E-state index is 14.3. The van der Waals surface area contributed by atoms with Crippen molar-refractivity contribution < 1.29 is 57.6 Å². The molecule has 2 bridgehead atoms. The summed E-state index contributed by atoms with van der Waals surface area (Å²) in [6.45, 7) is 15.2. The lowest BCUT2D eigenvalue weighted by molar-refractivity contribution is -0.300. The summed E-state index contributed by atoms with van der Waals surface area (Å²) in [5, 5.41) is 23.6. The number of fused-ring (bicyclic) bond motifs is 2. The third-order valence-electron chi connectivity index (χ3n) is 12.8. The third kappa shape index (κ3) is 9.55. The van der Waals surface area contributed by atoms with Gasteiger partial charge in [0, 0.05) is 44.8 Å². The number of rotatable bonds is 10. The summed E-state index contributed by atoms with van der Waals surface area (Å²) in [5.74, 6) is -2.46. The summed E-state index contributed by atoms with van der Waals surface area (Å²) in [4.78, 5) is 14.3. The minimum Gasteiger partial charge on any atom is -0.462 e. The molecule has 13 heteroatoms. The van der Waals surface area contributed by atoms with Crippen LogP contribution in [0.4, 0.5) is 0 Å². The number of aliphatic hydroxyl groups is 2. The molecule has 3 unspecified atom stereocenters. The maximum atomic E-state index is 14.3. The average molecular weight is 802 g/mol. The van der Waals surface area contributed by atoms with Crippen LogP contribution >= 0.6 is 0 Å². The minimum absolute atomic E-state index is 0.0453. The molecule has 0 aromatic rings. The van der Waals surface area contributed by atoms with Crippen LogP contribution in [-0.2, 0) is 47.4 Å². The van der Waals surface area contributed by atoms with Crippen molar-refractivity contribution in [3.8, 4) is 0 Å². The Morgan fingerprint density at radius 3 is 2.60 bits per heavy atom. The minimum atomic E-state index is -1.82. The quantitative estimate of drug-likeness (QED) is 0.120. The molecule has 0 saturated carbocycles. The topological polar surface area (TPSA) is 167 Å². The normalized spacial score (nSPS) is 45.6. The first-order valence-corrected chi connectivity index (χ1v) is 21.0. The van der Waals surface area contributed by atoms with Crippen LogP contribution in [0.15, 0.2) is 59.3 Å². The molecule has 3 saturated heterocycles. The Morgan fingerprint density at radius 1 is 1.07 bits per heavy atom. The number of carbonyl (C=O) groups excluding carboxylic acids is 1. The number of nitrogens with two attached hydrogens (primary N) is 1. The van der Waals surface area contributed by atoms with Crippen molar-refractivity contribution in [1.29, 1.82) is 0 Å². The van der Waals surface area contributed by atoms with Crippen LogP contribution in [0.5, 0.6) is 0 Å². The van der Waals surface area contributed by atoms with Crippen molar-refractivity contribution in [3.63, 3.8) is 0 Å². The summed E-state index contributed by atoms with van der Waals surface area (Å²) in [6, 6.07) is 0. The Hall–Kier alpha value is -2.27. The van der Waals surface area contributed by atoms with Crippen molar-refractivity contribution in [2.75, 3.05) is 33.7 Å². The highest BCUT2D eigenvalue weighted by molar-refractivity contribution is 5.78. The van der Waals surface area contributed by atoms with Crippen LogP contribution in [-0.4, -0.2) is 122 Å². The number of allylic oxidation sites excluding steroid dienone is 2. The van der Waals surface area contributed by atoms with Crippen LogP contribution in [0.1, 0.15) is 80.6 Å². The number of carbonyl (C=O) groups is 1. The van der Waals surface area contributed by atoms with Crippen molar-refractivity contribution in [2.45, 2.75) is 153 Å². The third-order valence-corrected chi connectivity index (χ3v) is 12.8. The Labute approximate surface area is 338 Å². The van der Waals surface area contributed by atoms with Crippen molar-refractivity contribution in [3.05, 3.63) is 59.3 Å². The predicted molar refractivity (Wildman–Crippen MR) is 211 cm³/mol. The van der Waals surface area contributed by atoms with Gasteiger partial charge in [-0.05, 0) is 55.9 Å². The zero-order chi connectivity index (χ0) is 41.1. The zero-order valence-corrected chi connectivity index (χ0v) is 35.0. The van der Waals surface area contributed by atoms with Crippen LogP contribution in [0.3, 0.4) is 0 Å². The fourth-order valence-electron chi connectivity index (χ4n) is 9.37. The molecule has 0 amide bonds. The number of hydrogen-bond donors (Lipinski definition) is 3. The monoisotopic (exact) mass is 801 g/mol. The first-order valence-electron chi connectivity index (χ1n) is 21.0. The van der Waals surface area contributed by atoms with E-state index in [9.17, 15) is 15.0 Å². The second-order valence-corrected chi connectivity index (χ2v) is 17.0. The highest BCUT2D eigenvalue weighted by Gasteiger charge is 2.60. The van der Waals surface area contributed by atoms with Crippen molar-refractivity contribution >= 4 is 5.97 Å². The molecule has 320 valence electrons. The van der Waals surface area contributed by atoms with Crippen LogP contribution in [0.2, 0.25) is 0 Å². The summed E-state index contributed by atoms with van der Waals surface area (Å²) >= 11 is 0. The molecule has 5 heterocycles. The standard InChI is InChI=1S/C44H67NO12/c1-9-25(2)39-28(5)15-16-43(57-39)22-33-20-32(56-43)14-13-27(4)38(55-36-21-35(49-8)40(30(7)53-36)52-24-50-18-17-45)26(3)11-10-12-31-23-51-41-37(46)29(6)19-34(42(47)54-33)44(31,41)48/h10-13,15-16,19,25-26,28,30,32-41,46,48H,9,14,17-18,20-24,45H2,1-8H3/b11-10+,27-13+,31-12+/t25?,26?,28-,30-,32+,33-,34-,35-,36?,37+,38-,39+,40-,41+,43+,44+/m0/s1. The molecule has 0 aromatic heterocycles. The van der Waals surface area contributed by atoms with Gasteiger partial charge in [0.05, 0.1) is 43.7 Å². The van der Waals surface area contributed by atoms with Gasteiger partial charge in [-0.1, -0.05) is 70.6 Å². The van der Waals surface area contributed by atoms with E-state index in [0.717, 1.165) is 12.0 Å². The van der Waals surface area contributed by atoms with E-state index in [2.05, 4.69) is 39.8 Å². The van der Waals surface area contributed by atoms with E-state index in [1.807, 2.05) is 32.1 Å². The van der Waals surface area contributed by atoms with Gasteiger partial charge in [0.15, 0.2) is 12.1 Å². The SMILES string of the molecule is CCC(C)[C@H]1O[C@]2(C=C[C@@H]1C)C[C@@H]1C[C@@H](C/C=C(\C)[C@@H](OC3C[C@H](OC)[C@@H](OCOCCN)[C@H](C)O3)C(C)/C=C/C=C3\CO[C@@H]4[C@H](O)C(C)=C[C@@H](C(=O)O1)[C@]34O)O2. The van der Waals surface area contributed by atoms with E-state index in [4.69, 9.17) is 48.4 Å². The molecule has 5 aliphatic heterocycles. The Kier molecular flexibility index (Phi) is 14.7. The van der Waals surface area contributed by atoms with Gasteiger partial charge in [0.1, 0.15) is 42.7 Å². The molecule has 13 nitrogen and oxygen atoms in total. The highest BCUT2D eigenvalue weighted by Crippen LogP contribution is 2.47. The van der Waals surface area contributed by atoms with Crippen molar-refractivity contribution in [1.82, 2.24) is 0 Å². The highest BCUT2D eigenvalue weighted by atomic mass is 16.7. The second-order valence-electron chi connectivity index (χ2n) is 17.0. The lowest BCUT2D eigenvalue weighted by Crippen LogP contribution is -2.58. The van der Waals surface area contributed by atoms with Crippen LogP contribution in [0, 0.1) is 23.7 Å². The lowest BCUT2D eigenvalue weighted by atomic mass is 9.71. The molecule has 6 aliphatic rings. The number of aliphatic hydroxyl groups excluding tert-OH is 1. The van der Waals surface area contributed by atoms with E-state index in [1.54, 1.807) is 26.2 Å². The zero-order valence-electron chi connectivity index (χ0n) is 35.0. The Morgan fingerprint density at radius 2 is 1.86 bits per heavy atom. The number of methoxy groups -OCH3 is 1. The second kappa shape index (κ2) is 19.0. The smallest absolute Gasteiger partial charge is 0.316 e. The first kappa shape index (κ1) is 44.3. The molecule has 3 fully saturated rings. The Bertz CT molecular complexity index is 1540. The van der Waals surface area contributed by atoms with E-state index in [0.29, 0.717) is 50.0 Å². The molecule has 16 atom stereocenters. The van der Waals surface area contributed by atoms with E-state index in [1.165, 1.54) is 0 Å². The number of ether oxygens (including phenoxy) is 9. The van der Waals surface area contributed by atoms with E-state index >= 15 is 0 Å². The molecule has 1 spiro atoms. The van der Waals surface area contributed by atoms with Crippen LogP contribution in [0.25, 0.3) is 0 Å². The van der Waals surface area contributed by atoms with E-state index in [-0.39, 0.29) is 61.7 Å². The molecule has 0 aromatic carbocycles. The Balaban J connectivity index is 1.33. The summed E-state index contributed by atoms with van der Waals surface area (Å²) in [5.41, 5.74) is 5.76. The van der Waals surface area contributed by atoms with Crippen molar-refractivity contribution in [2.24, 2.45) is 29.4 Å². The molecule has 0 radical (unpaired) electrons. The number of hydrogen-bond acceptors (Lipinski definition) is 13. The molecule has 57 heavy (non-hydrogen) atoms. The van der Waals surface area contributed by atoms with Gasteiger partial charge in [-0.3, -0.25) is 4.79 Å². The van der Waals surface area contributed by atoms with Gasteiger partial charge in [-0.25, -0.2) is 0 Å². The molecule has 6 rings (SSSR count).